The average Bonchev–Trinajstić information content (AvgIpc) is 2.97. The van der Waals surface area contributed by atoms with Crippen molar-refractivity contribution in [2.45, 2.75) is 32.0 Å². The number of nitrogens with one attached hydrogen (secondary N) is 2. The van der Waals surface area contributed by atoms with Gasteiger partial charge in [-0.15, -0.1) is 0 Å². The van der Waals surface area contributed by atoms with Crippen molar-refractivity contribution in [2.75, 3.05) is 24.6 Å². The molecule has 1 spiro atoms. The standard InChI is InChI=1S/C19H24N6O3/c1-11(2)7-8-28-15(26)12-3-5-14(6-4-12)25-10-13-9-21-16-19(25,24-13)17(27)23-18(20)22-16/h3-6,11,13,24H,7-10H2,1-2H3,(H3,20,21,22,23,27). The Labute approximate surface area is 163 Å². The van der Waals surface area contributed by atoms with Crippen molar-refractivity contribution >= 4 is 29.4 Å². The number of nitrogens with two attached hydrogens (primary N) is 1. The predicted octanol–water partition coefficient (Wildman–Crippen LogP) is 0.221. The summed E-state index contributed by atoms with van der Waals surface area (Å²) in [5, 5.41) is 5.92. The third kappa shape index (κ3) is 3.01. The predicted molar refractivity (Wildman–Crippen MR) is 105 cm³/mol. The molecule has 4 rings (SSSR count). The molecule has 148 valence electrons. The molecular weight excluding hydrogens is 360 g/mol. The number of anilines is 1. The van der Waals surface area contributed by atoms with Crippen LogP contribution in [0.3, 0.4) is 0 Å². The van der Waals surface area contributed by atoms with Crippen LogP contribution in [0.15, 0.2) is 34.3 Å². The molecule has 9 nitrogen and oxygen atoms in total. The highest BCUT2D eigenvalue weighted by Gasteiger charge is 2.59. The molecular formula is C19H24N6O3. The summed E-state index contributed by atoms with van der Waals surface area (Å²) in [6.07, 6.45) is 0.827. The van der Waals surface area contributed by atoms with E-state index in [0.29, 0.717) is 37.0 Å². The first-order chi connectivity index (χ1) is 13.4. The molecule has 9 heteroatoms. The van der Waals surface area contributed by atoms with E-state index in [9.17, 15) is 9.59 Å². The number of nitrogens with zero attached hydrogens (tertiary/aromatic N) is 3. The van der Waals surface area contributed by atoms with Crippen LogP contribution >= 0.6 is 0 Å². The molecule has 2 unspecified atom stereocenters. The molecule has 1 aromatic carbocycles. The molecule has 0 aromatic heterocycles. The Balaban J connectivity index is 1.56. The fraction of sp³-hybridized carbons (Fsp3) is 0.474. The molecule has 1 aromatic rings. The maximum absolute atomic E-state index is 12.8. The third-order valence-corrected chi connectivity index (χ3v) is 5.15. The number of esters is 1. The number of rotatable bonds is 5. The number of fused-ring (bicyclic) bond motifs is 1. The van der Waals surface area contributed by atoms with Gasteiger partial charge < -0.3 is 15.4 Å². The van der Waals surface area contributed by atoms with Crippen molar-refractivity contribution in [1.82, 2.24) is 10.6 Å². The highest BCUT2D eigenvalue weighted by molar-refractivity contribution is 6.25. The van der Waals surface area contributed by atoms with E-state index < -0.39 is 5.66 Å². The Kier molecular flexibility index (Phi) is 4.54. The van der Waals surface area contributed by atoms with Gasteiger partial charge in [-0.2, -0.15) is 4.99 Å². The van der Waals surface area contributed by atoms with Gasteiger partial charge in [-0.25, -0.2) is 4.79 Å². The zero-order valence-corrected chi connectivity index (χ0v) is 15.9. The molecule has 3 aliphatic heterocycles. The number of aliphatic imine (C=N–C) groups is 2. The fourth-order valence-electron chi connectivity index (χ4n) is 3.68. The lowest BCUT2D eigenvalue weighted by molar-refractivity contribution is -0.123. The average molecular weight is 384 g/mol. The van der Waals surface area contributed by atoms with E-state index in [2.05, 4.69) is 34.5 Å². The lowest BCUT2D eigenvalue weighted by Gasteiger charge is -2.40. The minimum absolute atomic E-state index is 0.0321. The second-order valence-electron chi connectivity index (χ2n) is 7.64. The zero-order chi connectivity index (χ0) is 19.9. The Morgan fingerprint density at radius 2 is 2.14 bits per heavy atom. The van der Waals surface area contributed by atoms with E-state index in [1.165, 1.54) is 0 Å². The van der Waals surface area contributed by atoms with Crippen LogP contribution in [0.1, 0.15) is 30.6 Å². The van der Waals surface area contributed by atoms with Gasteiger partial charge in [0.05, 0.1) is 18.7 Å². The van der Waals surface area contributed by atoms with Gasteiger partial charge in [0.15, 0.2) is 5.84 Å². The van der Waals surface area contributed by atoms with E-state index in [1.807, 2.05) is 17.0 Å². The van der Waals surface area contributed by atoms with Gasteiger partial charge in [-0.1, -0.05) is 13.8 Å². The largest absolute Gasteiger partial charge is 0.462 e. The normalized spacial score (nSPS) is 25.8. The van der Waals surface area contributed by atoms with E-state index in [0.717, 1.165) is 12.1 Å². The van der Waals surface area contributed by atoms with Gasteiger partial charge in [0.1, 0.15) is 0 Å². The Hall–Kier alpha value is -2.94. The summed E-state index contributed by atoms with van der Waals surface area (Å²) in [6, 6.07) is 7.07. The highest BCUT2D eigenvalue weighted by Crippen LogP contribution is 2.34. The number of hydrogen-bond acceptors (Lipinski definition) is 8. The second-order valence-corrected chi connectivity index (χ2v) is 7.64. The summed E-state index contributed by atoms with van der Waals surface area (Å²) < 4.78 is 5.31. The first-order valence-corrected chi connectivity index (χ1v) is 9.43. The van der Waals surface area contributed by atoms with Crippen molar-refractivity contribution in [3.63, 3.8) is 0 Å². The fourth-order valence-corrected chi connectivity index (χ4v) is 3.68. The maximum Gasteiger partial charge on any atom is 0.338 e. The molecule has 2 atom stereocenters. The van der Waals surface area contributed by atoms with Gasteiger partial charge in [-0.05, 0) is 36.6 Å². The quantitative estimate of drug-likeness (QED) is 0.625. The molecule has 4 N–H and O–H groups in total. The van der Waals surface area contributed by atoms with Gasteiger partial charge >= 0.3 is 5.97 Å². The number of amides is 1. The second kappa shape index (κ2) is 6.90. The van der Waals surface area contributed by atoms with Crippen LogP contribution in [0.4, 0.5) is 5.69 Å². The van der Waals surface area contributed by atoms with Crippen molar-refractivity contribution in [3.8, 4) is 0 Å². The van der Waals surface area contributed by atoms with Gasteiger partial charge in [0, 0.05) is 18.3 Å². The van der Waals surface area contributed by atoms with Crippen LogP contribution in [-0.4, -0.2) is 55.1 Å². The smallest absolute Gasteiger partial charge is 0.338 e. The van der Waals surface area contributed by atoms with Crippen LogP contribution < -0.4 is 21.3 Å². The lowest BCUT2D eigenvalue weighted by Crippen LogP contribution is -2.72. The van der Waals surface area contributed by atoms with E-state index in [-0.39, 0.29) is 23.9 Å². The number of hydrogen-bond donors (Lipinski definition) is 3. The number of carbonyl (C=O) groups excluding carboxylic acids is 2. The van der Waals surface area contributed by atoms with E-state index in [1.54, 1.807) is 12.1 Å². The number of benzene rings is 1. The third-order valence-electron chi connectivity index (χ3n) is 5.15. The van der Waals surface area contributed by atoms with E-state index in [4.69, 9.17) is 10.5 Å². The summed E-state index contributed by atoms with van der Waals surface area (Å²) in [6.45, 7) is 5.68. The highest BCUT2D eigenvalue weighted by atomic mass is 16.5. The SMILES string of the molecule is CC(C)CCOC(=O)c1ccc(N2CC3CN=C4N=C(N)NC(=O)C42N3)cc1. The molecule has 28 heavy (non-hydrogen) atoms. The van der Waals surface area contributed by atoms with Gasteiger partial charge in [0.2, 0.25) is 11.6 Å². The number of guanidine groups is 1. The zero-order valence-electron chi connectivity index (χ0n) is 15.9. The summed E-state index contributed by atoms with van der Waals surface area (Å²) in [5.74, 6) is 0.225. The summed E-state index contributed by atoms with van der Waals surface area (Å²) in [7, 11) is 0. The van der Waals surface area contributed by atoms with Crippen molar-refractivity contribution in [3.05, 3.63) is 29.8 Å². The van der Waals surface area contributed by atoms with Crippen LogP contribution in [0.2, 0.25) is 0 Å². The molecule has 1 fully saturated rings. The molecule has 0 saturated carbocycles. The molecule has 3 heterocycles. The molecule has 3 aliphatic rings. The monoisotopic (exact) mass is 384 g/mol. The summed E-state index contributed by atoms with van der Waals surface area (Å²) >= 11 is 0. The summed E-state index contributed by atoms with van der Waals surface area (Å²) in [5.41, 5.74) is 5.78. The molecule has 2 bridgehead atoms. The molecule has 1 amide bonds. The topological polar surface area (TPSA) is 121 Å². The molecule has 1 saturated heterocycles. The first-order valence-electron chi connectivity index (χ1n) is 9.43. The number of amidine groups is 1. The lowest BCUT2D eigenvalue weighted by atomic mass is 10.0. The first kappa shape index (κ1) is 18.4. The Morgan fingerprint density at radius 3 is 2.86 bits per heavy atom. The number of carbonyl (C=O) groups is 2. The van der Waals surface area contributed by atoms with Crippen molar-refractivity contribution in [1.29, 1.82) is 0 Å². The molecule has 0 radical (unpaired) electrons. The number of ether oxygens (including phenoxy) is 1. The van der Waals surface area contributed by atoms with E-state index >= 15 is 0 Å². The van der Waals surface area contributed by atoms with Crippen molar-refractivity contribution < 1.29 is 14.3 Å². The van der Waals surface area contributed by atoms with Crippen molar-refractivity contribution in [2.24, 2.45) is 21.6 Å². The minimum atomic E-state index is -1.18. The molecule has 0 aliphatic carbocycles. The summed E-state index contributed by atoms with van der Waals surface area (Å²) in [4.78, 5) is 35.6. The van der Waals surface area contributed by atoms with Crippen LogP contribution in [0.25, 0.3) is 0 Å². The minimum Gasteiger partial charge on any atom is -0.462 e. The Bertz CT molecular complexity index is 863. The van der Waals surface area contributed by atoms with Crippen LogP contribution in [-0.2, 0) is 9.53 Å². The Morgan fingerprint density at radius 1 is 1.39 bits per heavy atom. The van der Waals surface area contributed by atoms with Gasteiger partial charge in [-0.3, -0.25) is 20.4 Å². The van der Waals surface area contributed by atoms with Crippen LogP contribution in [0, 0.1) is 5.92 Å². The maximum atomic E-state index is 12.8. The van der Waals surface area contributed by atoms with Gasteiger partial charge in [0.25, 0.3) is 5.91 Å². The van der Waals surface area contributed by atoms with Crippen LogP contribution in [0.5, 0.6) is 0 Å².